The highest BCUT2D eigenvalue weighted by atomic mass is 16.6. The SMILES string of the molecule is Cc1ccncc1CNCC1COCCN1C(=O)OC(C)(C)C. The molecule has 1 atom stereocenters. The molecular weight excluding hydrogens is 294 g/mol. The van der Waals surface area contributed by atoms with Crippen LogP contribution in [0.15, 0.2) is 18.5 Å². The van der Waals surface area contributed by atoms with Crippen LogP contribution in [0.5, 0.6) is 0 Å². The summed E-state index contributed by atoms with van der Waals surface area (Å²) in [6.45, 7) is 10.7. The molecule has 2 rings (SSSR count). The molecule has 0 aliphatic carbocycles. The van der Waals surface area contributed by atoms with Crippen LogP contribution >= 0.6 is 0 Å². The lowest BCUT2D eigenvalue weighted by atomic mass is 10.1. The van der Waals surface area contributed by atoms with E-state index in [-0.39, 0.29) is 12.1 Å². The third-order valence-electron chi connectivity index (χ3n) is 3.70. The lowest BCUT2D eigenvalue weighted by Crippen LogP contribution is -2.54. The third-order valence-corrected chi connectivity index (χ3v) is 3.70. The minimum atomic E-state index is -0.486. The molecule has 2 heterocycles. The number of hydrogen-bond acceptors (Lipinski definition) is 5. The van der Waals surface area contributed by atoms with E-state index in [9.17, 15) is 4.79 Å². The van der Waals surface area contributed by atoms with Gasteiger partial charge in [-0.1, -0.05) is 0 Å². The number of pyridine rings is 1. The van der Waals surface area contributed by atoms with E-state index in [1.54, 1.807) is 11.1 Å². The summed E-state index contributed by atoms with van der Waals surface area (Å²) >= 11 is 0. The Hall–Kier alpha value is -1.66. The standard InChI is InChI=1S/C17H27N3O3/c1-13-5-6-18-9-14(13)10-19-11-15-12-22-8-7-20(15)16(21)23-17(2,3)4/h5-6,9,15,19H,7-8,10-12H2,1-4H3. The zero-order valence-corrected chi connectivity index (χ0v) is 14.5. The molecule has 0 saturated carbocycles. The van der Waals surface area contributed by atoms with Crippen LogP contribution in [0.2, 0.25) is 0 Å². The summed E-state index contributed by atoms with van der Waals surface area (Å²) in [5.41, 5.74) is 1.88. The highest BCUT2D eigenvalue weighted by molar-refractivity contribution is 5.68. The highest BCUT2D eigenvalue weighted by Gasteiger charge is 2.30. The maximum absolute atomic E-state index is 12.3. The van der Waals surface area contributed by atoms with Crippen LogP contribution in [-0.2, 0) is 16.0 Å². The normalized spacial score (nSPS) is 18.8. The molecule has 1 fully saturated rings. The van der Waals surface area contributed by atoms with Crippen molar-refractivity contribution in [3.63, 3.8) is 0 Å². The van der Waals surface area contributed by atoms with Gasteiger partial charge in [0.15, 0.2) is 0 Å². The van der Waals surface area contributed by atoms with Crippen molar-refractivity contribution in [2.75, 3.05) is 26.3 Å². The second-order valence-electron chi connectivity index (χ2n) is 6.84. The number of amides is 1. The predicted molar refractivity (Wildman–Crippen MR) is 88.2 cm³/mol. The molecular formula is C17H27N3O3. The summed E-state index contributed by atoms with van der Waals surface area (Å²) in [5, 5.41) is 3.39. The van der Waals surface area contributed by atoms with Crippen molar-refractivity contribution >= 4 is 6.09 Å². The quantitative estimate of drug-likeness (QED) is 0.920. The van der Waals surface area contributed by atoms with Gasteiger partial charge >= 0.3 is 6.09 Å². The number of hydrogen-bond donors (Lipinski definition) is 1. The average Bonchev–Trinajstić information content (AvgIpc) is 2.48. The van der Waals surface area contributed by atoms with Gasteiger partial charge in [0.2, 0.25) is 0 Å². The van der Waals surface area contributed by atoms with E-state index in [2.05, 4.69) is 17.2 Å². The molecule has 1 aliphatic rings. The van der Waals surface area contributed by atoms with Crippen molar-refractivity contribution < 1.29 is 14.3 Å². The van der Waals surface area contributed by atoms with Crippen molar-refractivity contribution in [3.05, 3.63) is 29.6 Å². The Morgan fingerprint density at radius 3 is 3.00 bits per heavy atom. The van der Waals surface area contributed by atoms with Crippen LogP contribution in [0, 0.1) is 6.92 Å². The van der Waals surface area contributed by atoms with Gasteiger partial charge in [-0.3, -0.25) is 9.88 Å². The first-order valence-electron chi connectivity index (χ1n) is 8.04. The summed E-state index contributed by atoms with van der Waals surface area (Å²) in [6, 6.07) is 1.98. The predicted octanol–water partition coefficient (Wildman–Crippen LogP) is 2.12. The Bertz CT molecular complexity index is 528. The molecule has 128 valence electrons. The van der Waals surface area contributed by atoms with E-state index in [0.29, 0.717) is 26.3 Å². The number of carbonyl (C=O) groups is 1. The van der Waals surface area contributed by atoms with Crippen LogP contribution in [0.3, 0.4) is 0 Å². The lowest BCUT2D eigenvalue weighted by Gasteiger charge is -2.36. The molecule has 6 nitrogen and oxygen atoms in total. The van der Waals surface area contributed by atoms with Crippen molar-refractivity contribution in [1.29, 1.82) is 0 Å². The second kappa shape index (κ2) is 7.75. The van der Waals surface area contributed by atoms with Gasteiger partial charge in [0.05, 0.1) is 19.3 Å². The van der Waals surface area contributed by atoms with Gasteiger partial charge in [-0.2, -0.15) is 0 Å². The monoisotopic (exact) mass is 321 g/mol. The first-order valence-corrected chi connectivity index (χ1v) is 8.04. The van der Waals surface area contributed by atoms with Crippen LogP contribution in [0.1, 0.15) is 31.9 Å². The second-order valence-corrected chi connectivity index (χ2v) is 6.84. The van der Waals surface area contributed by atoms with Crippen LogP contribution in [0.25, 0.3) is 0 Å². The maximum atomic E-state index is 12.3. The van der Waals surface area contributed by atoms with Crippen LogP contribution in [-0.4, -0.2) is 53.9 Å². The van der Waals surface area contributed by atoms with Gasteiger partial charge in [-0.25, -0.2) is 4.79 Å². The van der Waals surface area contributed by atoms with Crippen LogP contribution in [0.4, 0.5) is 4.79 Å². The lowest BCUT2D eigenvalue weighted by molar-refractivity contribution is -0.0317. The van der Waals surface area contributed by atoms with Gasteiger partial charge < -0.3 is 14.8 Å². The first-order chi connectivity index (χ1) is 10.9. The molecule has 1 saturated heterocycles. The zero-order valence-electron chi connectivity index (χ0n) is 14.5. The molecule has 0 radical (unpaired) electrons. The Morgan fingerprint density at radius 2 is 2.30 bits per heavy atom. The third kappa shape index (κ3) is 5.48. The topological polar surface area (TPSA) is 63.7 Å². The number of nitrogens with zero attached hydrogens (tertiary/aromatic N) is 2. The Kier molecular flexibility index (Phi) is 5.96. The van der Waals surface area contributed by atoms with Crippen molar-refractivity contribution in [2.24, 2.45) is 0 Å². The fourth-order valence-electron chi connectivity index (χ4n) is 2.44. The number of rotatable bonds is 4. The van der Waals surface area contributed by atoms with E-state index in [4.69, 9.17) is 9.47 Å². The molecule has 1 aromatic rings. The average molecular weight is 321 g/mol. The minimum absolute atomic E-state index is 0.0180. The first kappa shape index (κ1) is 17.7. The minimum Gasteiger partial charge on any atom is -0.444 e. The Balaban J connectivity index is 1.89. The fourth-order valence-corrected chi connectivity index (χ4v) is 2.44. The molecule has 23 heavy (non-hydrogen) atoms. The van der Waals surface area contributed by atoms with Gasteiger partial charge in [-0.05, 0) is 44.9 Å². The summed E-state index contributed by atoms with van der Waals surface area (Å²) < 4.78 is 11.0. The number of ether oxygens (including phenoxy) is 2. The summed E-state index contributed by atoms with van der Waals surface area (Å²) in [4.78, 5) is 18.2. The number of aryl methyl sites for hydroxylation is 1. The van der Waals surface area contributed by atoms with Gasteiger partial charge in [0, 0.05) is 32.0 Å². The van der Waals surface area contributed by atoms with Crippen molar-refractivity contribution in [2.45, 2.75) is 45.9 Å². The number of morpholine rings is 1. The molecule has 6 heteroatoms. The molecule has 1 N–H and O–H groups in total. The van der Waals surface area contributed by atoms with E-state index in [1.165, 1.54) is 5.56 Å². The molecule has 1 aromatic heterocycles. The van der Waals surface area contributed by atoms with Crippen molar-refractivity contribution in [3.8, 4) is 0 Å². The summed E-state index contributed by atoms with van der Waals surface area (Å²) in [7, 11) is 0. The van der Waals surface area contributed by atoms with Gasteiger partial charge in [0.1, 0.15) is 5.60 Å². The molecule has 0 spiro atoms. The van der Waals surface area contributed by atoms with E-state index in [0.717, 1.165) is 12.1 Å². The van der Waals surface area contributed by atoms with Gasteiger partial charge in [0.25, 0.3) is 0 Å². The van der Waals surface area contributed by atoms with E-state index < -0.39 is 5.60 Å². The summed E-state index contributed by atoms with van der Waals surface area (Å²) in [5.74, 6) is 0. The largest absolute Gasteiger partial charge is 0.444 e. The fraction of sp³-hybridized carbons (Fsp3) is 0.647. The maximum Gasteiger partial charge on any atom is 0.410 e. The van der Waals surface area contributed by atoms with E-state index in [1.807, 2.05) is 33.0 Å². The van der Waals surface area contributed by atoms with Crippen LogP contribution < -0.4 is 5.32 Å². The smallest absolute Gasteiger partial charge is 0.410 e. The van der Waals surface area contributed by atoms with E-state index >= 15 is 0 Å². The number of aromatic nitrogens is 1. The number of carbonyl (C=O) groups excluding carboxylic acids is 1. The highest BCUT2D eigenvalue weighted by Crippen LogP contribution is 2.14. The molecule has 0 aromatic carbocycles. The summed E-state index contributed by atoms with van der Waals surface area (Å²) in [6.07, 6.45) is 3.38. The molecule has 1 aliphatic heterocycles. The Morgan fingerprint density at radius 1 is 1.52 bits per heavy atom. The Labute approximate surface area is 138 Å². The molecule has 1 unspecified atom stereocenters. The number of nitrogens with one attached hydrogen (secondary N) is 1. The molecule has 1 amide bonds. The van der Waals surface area contributed by atoms with Gasteiger partial charge in [-0.15, -0.1) is 0 Å². The van der Waals surface area contributed by atoms with Crippen molar-refractivity contribution in [1.82, 2.24) is 15.2 Å². The zero-order chi connectivity index (χ0) is 16.9. The molecule has 0 bridgehead atoms.